The second-order valence-corrected chi connectivity index (χ2v) is 5.87. The standard InChI is InChI=1S/C13H23NO2S/c15-12(8-13(10-17)4-5-13)14-6-1-7-16-9-11-2-3-11/h11,17H,1-10H2,(H,14,15). The molecule has 1 amide bonds. The van der Waals surface area contributed by atoms with Crippen molar-refractivity contribution in [1.82, 2.24) is 5.32 Å². The Morgan fingerprint density at radius 2 is 2.18 bits per heavy atom. The smallest absolute Gasteiger partial charge is 0.220 e. The summed E-state index contributed by atoms with van der Waals surface area (Å²) in [6.45, 7) is 2.43. The third-order valence-corrected chi connectivity index (χ3v) is 4.34. The summed E-state index contributed by atoms with van der Waals surface area (Å²) in [5.74, 6) is 1.85. The summed E-state index contributed by atoms with van der Waals surface area (Å²) in [4.78, 5) is 11.6. The molecule has 0 spiro atoms. The van der Waals surface area contributed by atoms with Gasteiger partial charge in [0, 0.05) is 26.2 Å². The van der Waals surface area contributed by atoms with E-state index in [1.54, 1.807) is 0 Å². The van der Waals surface area contributed by atoms with Crippen molar-refractivity contribution in [3.63, 3.8) is 0 Å². The first-order chi connectivity index (χ1) is 8.24. The SMILES string of the molecule is O=C(CC1(CS)CC1)NCCCOCC1CC1. The maximum absolute atomic E-state index is 11.6. The summed E-state index contributed by atoms with van der Waals surface area (Å²) >= 11 is 4.30. The number of rotatable bonds is 9. The fourth-order valence-corrected chi connectivity index (χ4v) is 2.34. The molecule has 0 aromatic rings. The van der Waals surface area contributed by atoms with Crippen LogP contribution in [0.1, 0.15) is 38.5 Å². The molecule has 0 saturated heterocycles. The van der Waals surface area contributed by atoms with Gasteiger partial charge in [-0.05, 0) is 49.2 Å². The molecule has 0 aromatic heterocycles. The predicted molar refractivity (Wildman–Crippen MR) is 71.3 cm³/mol. The van der Waals surface area contributed by atoms with E-state index in [0.717, 1.165) is 50.7 Å². The third-order valence-electron chi connectivity index (χ3n) is 3.67. The monoisotopic (exact) mass is 257 g/mol. The van der Waals surface area contributed by atoms with Crippen LogP contribution < -0.4 is 5.32 Å². The van der Waals surface area contributed by atoms with Crippen molar-refractivity contribution in [3.05, 3.63) is 0 Å². The highest BCUT2D eigenvalue weighted by Gasteiger charge is 2.42. The Kier molecular flexibility index (Phi) is 4.74. The molecule has 2 aliphatic rings. The number of hydrogen-bond acceptors (Lipinski definition) is 3. The number of carbonyl (C=O) groups excluding carboxylic acids is 1. The number of hydrogen-bond donors (Lipinski definition) is 2. The Labute approximate surface area is 109 Å². The number of thiol groups is 1. The lowest BCUT2D eigenvalue weighted by Gasteiger charge is -2.11. The topological polar surface area (TPSA) is 38.3 Å². The Hall–Kier alpha value is -0.220. The van der Waals surface area contributed by atoms with Crippen LogP contribution >= 0.6 is 12.6 Å². The highest BCUT2D eigenvalue weighted by Crippen LogP contribution is 2.49. The van der Waals surface area contributed by atoms with Gasteiger partial charge in [-0.1, -0.05) is 0 Å². The minimum atomic E-state index is 0.179. The van der Waals surface area contributed by atoms with Gasteiger partial charge in [0.25, 0.3) is 0 Å². The van der Waals surface area contributed by atoms with Crippen molar-refractivity contribution in [3.8, 4) is 0 Å². The van der Waals surface area contributed by atoms with Crippen LogP contribution in [-0.2, 0) is 9.53 Å². The normalized spacial score (nSPS) is 21.2. The van der Waals surface area contributed by atoms with Crippen molar-refractivity contribution in [2.24, 2.45) is 11.3 Å². The Bertz CT molecular complexity index is 262. The van der Waals surface area contributed by atoms with Crippen LogP contribution in [0.3, 0.4) is 0 Å². The van der Waals surface area contributed by atoms with E-state index in [4.69, 9.17) is 4.74 Å². The molecule has 3 nitrogen and oxygen atoms in total. The number of carbonyl (C=O) groups is 1. The minimum absolute atomic E-state index is 0.179. The van der Waals surface area contributed by atoms with Crippen molar-refractivity contribution >= 4 is 18.5 Å². The van der Waals surface area contributed by atoms with Crippen LogP contribution in [0.2, 0.25) is 0 Å². The van der Waals surface area contributed by atoms with E-state index >= 15 is 0 Å². The maximum atomic E-state index is 11.6. The summed E-state index contributed by atoms with van der Waals surface area (Å²) in [5, 5.41) is 2.96. The van der Waals surface area contributed by atoms with Crippen molar-refractivity contribution in [2.45, 2.75) is 38.5 Å². The van der Waals surface area contributed by atoms with Gasteiger partial charge in [-0.25, -0.2) is 0 Å². The van der Waals surface area contributed by atoms with Crippen LogP contribution in [0.15, 0.2) is 0 Å². The molecule has 2 saturated carbocycles. The van der Waals surface area contributed by atoms with Crippen LogP contribution in [-0.4, -0.2) is 31.4 Å². The van der Waals surface area contributed by atoms with Gasteiger partial charge in [-0.15, -0.1) is 0 Å². The zero-order valence-electron chi connectivity index (χ0n) is 10.4. The molecular weight excluding hydrogens is 234 g/mol. The molecule has 2 rings (SSSR count). The van der Waals surface area contributed by atoms with E-state index in [1.807, 2.05) is 0 Å². The summed E-state index contributed by atoms with van der Waals surface area (Å²) in [5.41, 5.74) is 0.232. The van der Waals surface area contributed by atoms with Crippen LogP contribution in [0.25, 0.3) is 0 Å². The second kappa shape index (κ2) is 6.10. The first kappa shape index (κ1) is 13.2. The van der Waals surface area contributed by atoms with Crippen molar-refractivity contribution in [2.75, 3.05) is 25.5 Å². The first-order valence-corrected chi connectivity index (χ1v) is 7.33. The van der Waals surface area contributed by atoms with Gasteiger partial charge in [0.2, 0.25) is 5.91 Å². The molecule has 4 heteroatoms. The molecule has 0 heterocycles. The largest absolute Gasteiger partial charge is 0.381 e. The van der Waals surface area contributed by atoms with Gasteiger partial charge < -0.3 is 10.1 Å². The fourth-order valence-electron chi connectivity index (χ4n) is 1.91. The quantitative estimate of drug-likeness (QED) is 0.490. The van der Waals surface area contributed by atoms with E-state index in [-0.39, 0.29) is 11.3 Å². The van der Waals surface area contributed by atoms with Gasteiger partial charge in [0.05, 0.1) is 0 Å². The number of amides is 1. The van der Waals surface area contributed by atoms with Crippen molar-refractivity contribution in [1.29, 1.82) is 0 Å². The molecule has 0 atom stereocenters. The fraction of sp³-hybridized carbons (Fsp3) is 0.923. The Morgan fingerprint density at radius 1 is 1.41 bits per heavy atom. The van der Waals surface area contributed by atoms with E-state index < -0.39 is 0 Å². The lowest BCUT2D eigenvalue weighted by molar-refractivity contribution is -0.122. The highest BCUT2D eigenvalue weighted by atomic mass is 32.1. The number of ether oxygens (including phenoxy) is 1. The van der Waals surface area contributed by atoms with E-state index in [2.05, 4.69) is 17.9 Å². The molecule has 2 aliphatic carbocycles. The van der Waals surface area contributed by atoms with Gasteiger partial charge >= 0.3 is 0 Å². The van der Waals surface area contributed by atoms with Gasteiger partial charge in [-0.3, -0.25) is 4.79 Å². The average molecular weight is 257 g/mol. The predicted octanol–water partition coefficient (Wildman–Crippen LogP) is 2.02. The summed E-state index contributed by atoms with van der Waals surface area (Å²) < 4.78 is 5.51. The average Bonchev–Trinajstić information content (AvgIpc) is 3.19. The molecular formula is C13H23NO2S. The number of nitrogens with one attached hydrogen (secondary N) is 1. The lowest BCUT2D eigenvalue weighted by atomic mass is 10.1. The summed E-state index contributed by atoms with van der Waals surface area (Å²) in [6.07, 6.45) is 6.57. The molecule has 0 unspecified atom stereocenters. The highest BCUT2D eigenvalue weighted by molar-refractivity contribution is 7.80. The van der Waals surface area contributed by atoms with Crippen molar-refractivity contribution < 1.29 is 9.53 Å². The Balaban J connectivity index is 1.42. The third kappa shape index (κ3) is 4.88. The zero-order chi connectivity index (χ0) is 12.1. The van der Waals surface area contributed by atoms with Gasteiger partial charge in [0.1, 0.15) is 0 Å². The molecule has 0 bridgehead atoms. The zero-order valence-corrected chi connectivity index (χ0v) is 11.3. The summed E-state index contributed by atoms with van der Waals surface area (Å²) in [7, 11) is 0. The van der Waals surface area contributed by atoms with E-state index in [1.165, 1.54) is 12.8 Å². The molecule has 17 heavy (non-hydrogen) atoms. The van der Waals surface area contributed by atoms with E-state index in [9.17, 15) is 4.79 Å². The van der Waals surface area contributed by atoms with E-state index in [0.29, 0.717) is 6.42 Å². The van der Waals surface area contributed by atoms with Gasteiger partial charge in [0.15, 0.2) is 0 Å². The maximum Gasteiger partial charge on any atom is 0.220 e. The molecule has 98 valence electrons. The molecule has 0 aromatic carbocycles. The second-order valence-electron chi connectivity index (χ2n) is 5.56. The molecule has 0 radical (unpaired) electrons. The minimum Gasteiger partial charge on any atom is -0.381 e. The molecule has 0 aliphatic heterocycles. The molecule has 1 N–H and O–H groups in total. The molecule has 2 fully saturated rings. The first-order valence-electron chi connectivity index (χ1n) is 6.69. The summed E-state index contributed by atoms with van der Waals surface area (Å²) in [6, 6.07) is 0. The van der Waals surface area contributed by atoms with Gasteiger partial charge in [-0.2, -0.15) is 12.6 Å². The van der Waals surface area contributed by atoms with Crippen LogP contribution in [0.5, 0.6) is 0 Å². The Morgan fingerprint density at radius 3 is 2.76 bits per heavy atom. The lowest BCUT2D eigenvalue weighted by Crippen LogP contribution is -2.28. The van der Waals surface area contributed by atoms with Crippen LogP contribution in [0.4, 0.5) is 0 Å². The van der Waals surface area contributed by atoms with Crippen LogP contribution in [0, 0.1) is 11.3 Å².